The summed E-state index contributed by atoms with van der Waals surface area (Å²) in [7, 11) is -3.30. The molecule has 1 N–H and O–H groups in total. The van der Waals surface area contributed by atoms with E-state index in [2.05, 4.69) is 20.7 Å². The number of nitrogens with one attached hydrogen (secondary N) is 1. The molecule has 0 saturated carbocycles. The maximum Gasteiger partial charge on any atom is 0.212 e. The standard InChI is InChI=1S/C15H24BrNO2S/c1-4-15(5-2,12-16)17-20(18,19)11-13(3)14-9-7-6-8-10-14/h6-10,13,17H,4-5,11-12H2,1-3H3. The zero-order valence-electron chi connectivity index (χ0n) is 12.4. The van der Waals surface area contributed by atoms with Gasteiger partial charge in [-0.25, -0.2) is 13.1 Å². The Labute approximate surface area is 131 Å². The van der Waals surface area contributed by atoms with Gasteiger partial charge in [-0.15, -0.1) is 0 Å². The molecule has 0 spiro atoms. The van der Waals surface area contributed by atoms with Gasteiger partial charge in [0.15, 0.2) is 0 Å². The van der Waals surface area contributed by atoms with Gasteiger partial charge in [-0.3, -0.25) is 0 Å². The summed E-state index contributed by atoms with van der Waals surface area (Å²) < 4.78 is 27.6. The van der Waals surface area contributed by atoms with Crippen LogP contribution in [-0.4, -0.2) is 25.0 Å². The Morgan fingerprint density at radius 3 is 2.20 bits per heavy atom. The lowest BCUT2D eigenvalue weighted by molar-refractivity contribution is 0.398. The maximum absolute atomic E-state index is 12.4. The van der Waals surface area contributed by atoms with Crippen LogP contribution >= 0.6 is 15.9 Å². The molecule has 5 heteroatoms. The summed E-state index contributed by atoms with van der Waals surface area (Å²) in [5.41, 5.74) is 0.671. The van der Waals surface area contributed by atoms with Crippen molar-refractivity contribution in [2.45, 2.75) is 45.1 Å². The van der Waals surface area contributed by atoms with Crippen LogP contribution in [0.2, 0.25) is 0 Å². The summed E-state index contributed by atoms with van der Waals surface area (Å²) in [4.78, 5) is 0. The third-order valence-electron chi connectivity index (χ3n) is 3.82. The Bertz CT molecular complexity index is 490. The second-order valence-corrected chi connectivity index (χ2v) is 7.64. The maximum atomic E-state index is 12.4. The quantitative estimate of drug-likeness (QED) is 0.718. The van der Waals surface area contributed by atoms with Gasteiger partial charge < -0.3 is 0 Å². The number of benzene rings is 1. The van der Waals surface area contributed by atoms with Gasteiger partial charge in [0.25, 0.3) is 0 Å². The van der Waals surface area contributed by atoms with Gasteiger partial charge in [-0.05, 0) is 24.3 Å². The highest BCUT2D eigenvalue weighted by molar-refractivity contribution is 9.09. The number of hydrogen-bond donors (Lipinski definition) is 1. The molecule has 0 radical (unpaired) electrons. The largest absolute Gasteiger partial charge is 0.212 e. The minimum atomic E-state index is -3.30. The summed E-state index contributed by atoms with van der Waals surface area (Å²) in [6.07, 6.45) is 1.54. The number of sulfonamides is 1. The van der Waals surface area contributed by atoms with Crippen LogP contribution in [0.1, 0.15) is 45.1 Å². The van der Waals surface area contributed by atoms with Crippen molar-refractivity contribution in [3.63, 3.8) is 0 Å². The van der Waals surface area contributed by atoms with Crippen molar-refractivity contribution < 1.29 is 8.42 Å². The second-order valence-electron chi connectivity index (χ2n) is 5.32. The Kier molecular flexibility index (Phi) is 6.69. The molecule has 1 atom stereocenters. The van der Waals surface area contributed by atoms with Crippen molar-refractivity contribution in [3.05, 3.63) is 35.9 Å². The summed E-state index contributed by atoms with van der Waals surface area (Å²) in [6.45, 7) is 5.96. The van der Waals surface area contributed by atoms with Crippen LogP contribution in [0.25, 0.3) is 0 Å². The first-order valence-corrected chi connectivity index (χ1v) is 9.78. The summed E-state index contributed by atoms with van der Waals surface area (Å²) >= 11 is 3.43. The predicted molar refractivity (Wildman–Crippen MR) is 88.9 cm³/mol. The van der Waals surface area contributed by atoms with Gasteiger partial charge in [-0.1, -0.05) is 67.0 Å². The van der Waals surface area contributed by atoms with Crippen LogP contribution in [0.5, 0.6) is 0 Å². The van der Waals surface area contributed by atoms with E-state index in [0.29, 0.717) is 5.33 Å². The first-order chi connectivity index (χ1) is 9.38. The van der Waals surface area contributed by atoms with Crippen molar-refractivity contribution in [2.75, 3.05) is 11.1 Å². The molecule has 0 amide bonds. The van der Waals surface area contributed by atoms with Crippen molar-refractivity contribution in [2.24, 2.45) is 0 Å². The lowest BCUT2D eigenvalue weighted by Gasteiger charge is -2.31. The lowest BCUT2D eigenvalue weighted by Crippen LogP contribution is -2.50. The molecule has 0 aromatic heterocycles. The van der Waals surface area contributed by atoms with Gasteiger partial charge in [0, 0.05) is 10.9 Å². The molecule has 1 aromatic rings. The highest BCUT2D eigenvalue weighted by Gasteiger charge is 2.31. The molecule has 0 saturated heterocycles. The predicted octanol–water partition coefficient (Wildman–Crippen LogP) is 3.66. The van der Waals surface area contributed by atoms with Crippen LogP contribution in [0.3, 0.4) is 0 Å². The molecule has 0 fully saturated rings. The van der Waals surface area contributed by atoms with Crippen molar-refractivity contribution in [1.29, 1.82) is 0 Å². The monoisotopic (exact) mass is 361 g/mol. The van der Waals surface area contributed by atoms with Crippen molar-refractivity contribution >= 4 is 26.0 Å². The fraction of sp³-hybridized carbons (Fsp3) is 0.600. The Hall–Kier alpha value is -0.390. The average molecular weight is 362 g/mol. The second kappa shape index (κ2) is 7.57. The van der Waals surface area contributed by atoms with Gasteiger partial charge in [0.2, 0.25) is 10.0 Å². The lowest BCUT2D eigenvalue weighted by atomic mass is 9.97. The molecule has 20 heavy (non-hydrogen) atoms. The molecule has 0 heterocycles. The third kappa shape index (κ3) is 4.86. The minimum Gasteiger partial charge on any atom is -0.212 e. The number of rotatable bonds is 8. The zero-order chi connectivity index (χ0) is 15.2. The Morgan fingerprint density at radius 1 is 1.20 bits per heavy atom. The molecule has 0 aliphatic heterocycles. The molecular weight excluding hydrogens is 338 g/mol. The van der Waals surface area contributed by atoms with Crippen molar-refractivity contribution in [1.82, 2.24) is 4.72 Å². The summed E-state index contributed by atoms with van der Waals surface area (Å²) in [5, 5.41) is 0.631. The van der Waals surface area contributed by atoms with E-state index in [4.69, 9.17) is 0 Å². The van der Waals surface area contributed by atoms with E-state index >= 15 is 0 Å². The number of alkyl halides is 1. The SMILES string of the molecule is CCC(CC)(CBr)NS(=O)(=O)CC(C)c1ccccc1. The summed E-state index contributed by atoms with van der Waals surface area (Å²) in [6, 6.07) is 9.75. The Balaban J connectivity index is 2.80. The molecule has 1 rings (SSSR count). The van der Waals surface area contributed by atoms with Crippen LogP contribution in [-0.2, 0) is 10.0 Å². The normalized spacial score (nSPS) is 14.2. The molecule has 114 valence electrons. The minimum absolute atomic E-state index is 0.0181. The smallest absolute Gasteiger partial charge is 0.212 e. The van der Waals surface area contributed by atoms with Gasteiger partial charge in [-0.2, -0.15) is 0 Å². The molecule has 0 bridgehead atoms. The molecule has 1 unspecified atom stereocenters. The van der Waals surface area contributed by atoms with Gasteiger partial charge in [0.05, 0.1) is 5.75 Å². The molecule has 3 nitrogen and oxygen atoms in total. The van der Waals surface area contributed by atoms with Crippen LogP contribution in [0.15, 0.2) is 30.3 Å². The molecular formula is C15H24BrNO2S. The van der Waals surface area contributed by atoms with E-state index in [1.165, 1.54) is 0 Å². The fourth-order valence-electron chi connectivity index (χ4n) is 2.19. The van der Waals surface area contributed by atoms with E-state index in [-0.39, 0.29) is 17.2 Å². The van der Waals surface area contributed by atoms with Crippen LogP contribution < -0.4 is 4.72 Å². The topological polar surface area (TPSA) is 46.2 Å². The van der Waals surface area contributed by atoms with Gasteiger partial charge in [0.1, 0.15) is 0 Å². The first-order valence-electron chi connectivity index (χ1n) is 7.00. The highest BCUT2D eigenvalue weighted by Crippen LogP contribution is 2.22. The molecule has 0 aliphatic rings. The van der Waals surface area contributed by atoms with E-state index in [1.807, 2.05) is 51.1 Å². The first kappa shape index (κ1) is 17.7. The van der Waals surface area contributed by atoms with Crippen molar-refractivity contribution in [3.8, 4) is 0 Å². The average Bonchev–Trinajstić information content (AvgIpc) is 2.45. The van der Waals surface area contributed by atoms with E-state index in [0.717, 1.165) is 18.4 Å². The van der Waals surface area contributed by atoms with Crippen LogP contribution in [0.4, 0.5) is 0 Å². The van der Waals surface area contributed by atoms with E-state index in [9.17, 15) is 8.42 Å². The Morgan fingerprint density at radius 2 is 1.75 bits per heavy atom. The zero-order valence-corrected chi connectivity index (χ0v) is 14.8. The van der Waals surface area contributed by atoms with E-state index in [1.54, 1.807) is 0 Å². The number of halogens is 1. The van der Waals surface area contributed by atoms with Gasteiger partial charge >= 0.3 is 0 Å². The molecule has 0 aliphatic carbocycles. The molecule has 1 aromatic carbocycles. The fourth-order valence-corrected chi connectivity index (χ4v) is 5.26. The van der Waals surface area contributed by atoms with Crippen LogP contribution in [0, 0.1) is 0 Å². The third-order valence-corrected chi connectivity index (χ3v) is 6.58. The van der Waals surface area contributed by atoms with E-state index < -0.39 is 10.0 Å². The summed E-state index contributed by atoms with van der Waals surface area (Å²) in [5.74, 6) is 0.0987. The highest BCUT2D eigenvalue weighted by atomic mass is 79.9. The number of hydrogen-bond acceptors (Lipinski definition) is 2.